The fraction of sp³-hybridized carbons (Fsp3) is 0. The molecule has 282 valence electrons. The van der Waals surface area contributed by atoms with E-state index in [0.29, 0.717) is 50.9 Å². The fourth-order valence-electron chi connectivity index (χ4n) is 8.20. The Morgan fingerprint density at radius 2 is 0.754 bits per heavy atom. The first-order valence-electron chi connectivity index (χ1n) is 19.7. The second-order valence-corrected chi connectivity index (χ2v) is 14.5. The topological polar surface area (TPSA) is 115 Å². The molecule has 0 saturated heterocycles. The minimum absolute atomic E-state index is 0.439. The maximum Gasteiger partial charge on any atom is 0.164 e. The first-order chi connectivity index (χ1) is 30.1. The smallest absolute Gasteiger partial charge is 0.164 e. The Morgan fingerprint density at radius 1 is 0.328 bits per heavy atom. The summed E-state index contributed by atoms with van der Waals surface area (Å²) in [4.78, 5) is 15.2. The van der Waals surface area contributed by atoms with Crippen molar-refractivity contribution >= 4 is 21.8 Å². The van der Waals surface area contributed by atoms with Crippen molar-refractivity contribution in [3.8, 4) is 91.4 Å². The van der Waals surface area contributed by atoms with Crippen molar-refractivity contribution in [2.45, 2.75) is 0 Å². The van der Waals surface area contributed by atoms with E-state index in [4.69, 9.17) is 15.0 Å². The van der Waals surface area contributed by atoms with Crippen molar-refractivity contribution in [3.05, 3.63) is 205 Å². The van der Waals surface area contributed by atoms with Crippen LogP contribution in [0.25, 0.3) is 95.0 Å². The number of fused-ring (bicyclic) bond motifs is 3. The molecule has 0 radical (unpaired) electrons. The van der Waals surface area contributed by atoms with Crippen LogP contribution in [0.3, 0.4) is 0 Å². The lowest BCUT2D eigenvalue weighted by Crippen LogP contribution is -2.05. The van der Waals surface area contributed by atoms with Gasteiger partial charge in [-0.2, -0.15) is 15.8 Å². The number of hydrogen-bond acceptors (Lipinski definition) is 6. The molecule has 2 aromatic heterocycles. The third kappa shape index (κ3) is 6.44. The first-order valence-corrected chi connectivity index (χ1v) is 19.7. The summed E-state index contributed by atoms with van der Waals surface area (Å²) in [6.45, 7) is 0. The lowest BCUT2D eigenvalue weighted by Gasteiger charge is -2.22. The summed E-state index contributed by atoms with van der Waals surface area (Å²) in [6.07, 6.45) is 0. The van der Waals surface area contributed by atoms with Crippen LogP contribution in [0, 0.1) is 34.0 Å². The van der Waals surface area contributed by atoms with Crippen LogP contribution >= 0.6 is 0 Å². The van der Waals surface area contributed by atoms with Gasteiger partial charge in [0.25, 0.3) is 0 Å². The molecule has 0 atom stereocenters. The molecular weight excluding hydrogens is 747 g/mol. The number of aromatic nitrogens is 4. The number of nitrogens with zero attached hydrogens (tertiary/aromatic N) is 7. The van der Waals surface area contributed by atoms with E-state index in [1.807, 2.05) is 146 Å². The van der Waals surface area contributed by atoms with E-state index in [-0.39, 0.29) is 0 Å². The highest BCUT2D eigenvalue weighted by molar-refractivity contribution is 6.12. The average Bonchev–Trinajstić information content (AvgIpc) is 3.67. The molecule has 2 heterocycles. The van der Waals surface area contributed by atoms with Crippen LogP contribution in [0.4, 0.5) is 0 Å². The zero-order chi connectivity index (χ0) is 41.3. The number of hydrogen-bond donors (Lipinski definition) is 0. The third-order valence-electron chi connectivity index (χ3n) is 11.0. The summed E-state index contributed by atoms with van der Waals surface area (Å²) in [7, 11) is 0. The largest absolute Gasteiger partial charge is 0.308 e. The third-order valence-corrected chi connectivity index (χ3v) is 11.0. The van der Waals surface area contributed by atoms with Gasteiger partial charge in [-0.25, -0.2) is 15.0 Å². The molecule has 0 N–H and O–H groups in total. The Balaban J connectivity index is 1.35. The normalized spacial score (nSPS) is 10.9. The highest BCUT2D eigenvalue weighted by atomic mass is 15.0. The van der Waals surface area contributed by atoms with Crippen molar-refractivity contribution in [1.29, 1.82) is 15.8 Å². The van der Waals surface area contributed by atoms with Crippen molar-refractivity contribution < 1.29 is 0 Å². The second-order valence-electron chi connectivity index (χ2n) is 14.5. The van der Waals surface area contributed by atoms with E-state index in [1.54, 1.807) is 0 Å². The molecule has 61 heavy (non-hydrogen) atoms. The lowest BCUT2D eigenvalue weighted by molar-refractivity contribution is 1.07. The molecule has 0 aliphatic rings. The zero-order valence-corrected chi connectivity index (χ0v) is 32.5. The Hall–Kier alpha value is -8.96. The summed E-state index contributed by atoms with van der Waals surface area (Å²) < 4.78 is 2.24. The van der Waals surface area contributed by atoms with Crippen molar-refractivity contribution in [3.63, 3.8) is 0 Å². The first kappa shape index (κ1) is 36.4. The molecule has 0 bridgehead atoms. The van der Waals surface area contributed by atoms with Crippen LogP contribution in [0.5, 0.6) is 0 Å². The number of nitriles is 3. The van der Waals surface area contributed by atoms with Gasteiger partial charge in [0.1, 0.15) is 0 Å². The Kier molecular flexibility index (Phi) is 9.20. The maximum absolute atomic E-state index is 10.7. The quantitative estimate of drug-likeness (QED) is 0.159. The molecule has 10 aromatic rings. The Bertz CT molecular complexity index is 3320. The summed E-state index contributed by atoms with van der Waals surface area (Å²) in [6, 6.07) is 68.4. The average molecular weight is 778 g/mol. The Labute approximate surface area is 352 Å². The van der Waals surface area contributed by atoms with Gasteiger partial charge in [-0.05, 0) is 59.7 Å². The predicted molar refractivity (Wildman–Crippen MR) is 241 cm³/mol. The lowest BCUT2D eigenvalue weighted by atomic mass is 9.89. The fourth-order valence-corrected chi connectivity index (χ4v) is 8.20. The number of rotatable bonds is 7. The second kappa shape index (κ2) is 15.4. The number of para-hydroxylation sites is 1. The molecule has 0 aliphatic carbocycles. The van der Waals surface area contributed by atoms with Crippen LogP contribution in [0.2, 0.25) is 0 Å². The van der Waals surface area contributed by atoms with E-state index in [1.165, 1.54) is 0 Å². The molecule has 7 heteroatoms. The van der Waals surface area contributed by atoms with Gasteiger partial charge in [0, 0.05) is 49.7 Å². The molecule has 0 fully saturated rings. The van der Waals surface area contributed by atoms with E-state index in [2.05, 4.69) is 65.2 Å². The van der Waals surface area contributed by atoms with Gasteiger partial charge in [-0.15, -0.1) is 0 Å². The van der Waals surface area contributed by atoms with Gasteiger partial charge < -0.3 is 4.57 Å². The molecule has 0 amide bonds. The molecule has 7 nitrogen and oxygen atoms in total. The van der Waals surface area contributed by atoms with E-state index < -0.39 is 0 Å². The predicted octanol–water partition coefficient (Wildman–Crippen LogP) is 12.6. The molecule has 0 unspecified atom stereocenters. The molecular formula is C54H31N7. The standard InChI is InChI=1S/C54H31N7/c55-32-38-19-7-10-22-42(38)37-27-28-50-46(29-37)45-25-13-14-26-49(45)61(50)51-47(43-23-11-8-20-39(43)33-56)30-41(31-48(51)44-24-12-9-21-40(44)34-57)54-59-52(35-15-3-1-4-16-35)58-53(60-54)36-17-5-2-6-18-36/h1-31H. The highest BCUT2D eigenvalue weighted by Gasteiger charge is 2.25. The molecule has 0 saturated carbocycles. The van der Waals surface area contributed by atoms with E-state index in [0.717, 1.165) is 60.9 Å². The minimum Gasteiger partial charge on any atom is -0.308 e. The van der Waals surface area contributed by atoms with Crippen molar-refractivity contribution in [2.24, 2.45) is 0 Å². The summed E-state index contributed by atoms with van der Waals surface area (Å²) >= 11 is 0. The summed E-state index contributed by atoms with van der Waals surface area (Å²) in [5.74, 6) is 1.47. The van der Waals surface area contributed by atoms with Crippen molar-refractivity contribution in [1.82, 2.24) is 19.5 Å². The van der Waals surface area contributed by atoms with Crippen molar-refractivity contribution in [2.75, 3.05) is 0 Å². The van der Waals surface area contributed by atoms with Crippen LogP contribution in [0.15, 0.2) is 188 Å². The van der Waals surface area contributed by atoms with Gasteiger partial charge in [-0.3, -0.25) is 0 Å². The van der Waals surface area contributed by atoms with E-state index >= 15 is 0 Å². The monoisotopic (exact) mass is 777 g/mol. The van der Waals surface area contributed by atoms with Crippen LogP contribution in [-0.2, 0) is 0 Å². The van der Waals surface area contributed by atoms with Gasteiger partial charge in [0.2, 0.25) is 0 Å². The zero-order valence-electron chi connectivity index (χ0n) is 32.5. The SMILES string of the molecule is N#Cc1ccccc1-c1ccc2c(c1)c1ccccc1n2-c1c(-c2ccccc2C#N)cc(-c2nc(-c3ccccc3)nc(-c3ccccc3)n2)cc1-c1ccccc1C#N. The highest BCUT2D eigenvalue weighted by Crippen LogP contribution is 2.45. The maximum atomic E-state index is 10.7. The summed E-state index contributed by atoms with van der Waals surface area (Å²) in [5.41, 5.74) is 11.3. The molecule has 0 spiro atoms. The number of benzene rings is 8. The summed E-state index contributed by atoms with van der Waals surface area (Å²) in [5, 5.41) is 33.3. The Morgan fingerprint density at radius 3 is 1.30 bits per heavy atom. The minimum atomic E-state index is 0.439. The van der Waals surface area contributed by atoms with E-state index in [9.17, 15) is 15.8 Å². The van der Waals surface area contributed by atoms with Gasteiger partial charge in [0.15, 0.2) is 17.5 Å². The van der Waals surface area contributed by atoms with Gasteiger partial charge in [-0.1, -0.05) is 140 Å². The van der Waals surface area contributed by atoms with Crippen LogP contribution in [-0.4, -0.2) is 19.5 Å². The molecule has 0 aliphatic heterocycles. The van der Waals surface area contributed by atoms with Gasteiger partial charge >= 0.3 is 0 Å². The van der Waals surface area contributed by atoms with Gasteiger partial charge in [0.05, 0.1) is 51.6 Å². The van der Waals surface area contributed by atoms with Crippen LogP contribution in [0.1, 0.15) is 16.7 Å². The molecule has 10 rings (SSSR count). The van der Waals surface area contributed by atoms with Crippen LogP contribution < -0.4 is 0 Å². The molecule has 8 aromatic carbocycles.